The molecule has 0 bridgehead atoms. The summed E-state index contributed by atoms with van der Waals surface area (Å²) in [5.41, 5.74) is 2.79. The number of fused-ring (bicyclic) bond motifs is 1. The molecule has 1 aromatic carbocycles. The summed E-state index contributed by atoms with van der Waals surface area (Å²) < 4.78 is 5.79. The van der Waals surface area contributed by atoms with Gasteiger partial charge in [-0.1, -0.05) is 31.2 Å². The van der Waals surface area contributed by atoms with Crippen LogP contribution in [-0.4, -0.2) is 20.2 Å². The number of likely N-dealkylation sites (N-methyl/N-ethyl adjacent to an activating group) is 1. The van der Waals surface area contributed by atoms with E-state index < -0.39 is 0 Å². The highest BCUT2D eigenvalue weighted by molar-refractivity contribution is 5.33. The van der Waals surface area contributed by atoms with E-state index in [0.717, 1.165) is 13.2 Å². The summed E-state index contributed by atoms with van der Waals surface area (Å²) in [4.78, 5) is 0. The molecule has 0 aromatic heterocycles. The van der Waals surface area contributed by atoms with Crippen LogP contribution in [0.3, 0.4) is 0 Å². The van der Waals surface area contributed by atoms with Crippen molar-refractivity contribution < 1.29 is 4.74 Å². The van der Waals surface area contributed by atoms with E-state index in [-0.39, 0.29) is 6.10 Å². The maximum absolute atomic E-state index is 5.79. The molecule has 2 heteroatoms. The Balaban J connectivity index is 2.31. The molecule has 1 aliphatic heterocycles. The van der Waals surface area contributed by atoms with Gasteiger partial charge < -0.3 is 10.1 Å². The topological polar surface area (TPSA) is 21.3 Å². The molecular weight excluding hydrogens is 174 g/mol. The molecule has 0 fully saturated rings. The van der Waals surface area contributed by atoms with Gasteiger partial charge in [0.25, 0.3) is 0 Å². The third-order valence-corrected chi connectivity index (χ3v) is 2.81. The Morgan fingerprint density at radius 1 is 1.36 bits per heavy atom. The number of rotatable bonds is 2. The molecule has 1 heterocycles. The predicted octanol–water partition coefficient (Wildman–Crippen LogP) is 2.08. The van der Waals surface area contributed by atoms with Crippen LogP contribution in [0.1, 0.15) is 30.1 Å². The van der Waals surface area contributed by atoms with Crippen LogP contribution in [0.25, 0.3) is 0 Å². The van der Waals surface area contributed by atoms with Gasteiger partial charge in [-0.05, 0) is 18.2 Å². The Hall–Kier alpha value is -0.860. The zero-order valence-electron chi connectivity index (χ0n) is 8.79. The highest BCUT2D eigenvalue weighted by Gasteiger charge is 2.23. The Morgan fingerprint density at radius 3 is 2.79 bits per heavy atom. The second-order valence-corrected chi connectivity index (χ2v) is 3.91. The van der Waals surface area contributed by atoms with Crippen LogP contribution in [0.2, 0.25) is 0 Å². The summed E-state index contributed by atoms with van der Waals surface area (Å²) in [5, 5.41) is 3.17. The van der Waals surface area contributed by atoms with Crippen LogP contribution in [0.5, 0.6) is 0 Å². The van der Waals surface area contributed by atoms with E-state index in [1.807, 2.05) is 7.05 Å². The molecular formula is C12H17NO. The Kier molecular flexibility index (Phi) is 2.85. The summed E-state index contributed by atoms with van der Waals surface area (Å²) >= 11 is 0. The summed E-state index contributed by atoms with van der Waals surface area (Å²) in [7, 11) is 1.96. The Labute approximate surface area is 85.3 Å². The van der Waals surface area contributed by atoms with E-state index in [2.05, 4.69) is 36.5 Å². The molecule has 0 saturated heterocycles. The predicted molar refractivity (Wildman–Crippen MR) is 57.5 cm³/mol. The van der Waals surface area contributed by atoms with Crippen LogP contribution < -0.4 is 5.32 Å². The highest BCUT2D eigenvalue weighted by Crippen LogP contribution is 2.32. The molecule has 0 saturated carbocycles. The number of hydrogen-bond acceptors (Lipinski definition) is 2. The number of ether oxygens (including phenoxy) is 1. The minimum atomic E-state index is 0.229. The molecule has 0 amide bonds. The Bertz CT molecular complexity index is 311. The fourth-order valence-electron chi connectivity index (χ4n) is 2.05. The van der Waals surface area contributed by atoms with Gasteiger partial charge in [0.1, 0.15) is 0 Å². The minimum Gasteiger partial charge on any atom is -0.372 e. The zero-order chi connectivity index (χ0) is 9.97. The van der Waals surface area contributed by atoms with Crippen molar-refractivity contribution in [3.8, 4) is 0 Å². The van der Waals surface area contributed by atoms with Gasteiger partial charge in [0.2, 0.25) is 0 Å². The monoisotopic (exact) mass is 191 g/mol. The van der Waals surface area contributed by atoms with Crippen molar-refractivity contribution in [3.05, 3.63) is 35.4 Å². The van der Waals surface area contributed by atoms with Crippen molar-refractivity contribution in [1.29, 1.82) is 0 Å². The third kappa shape index (κ3) is 1.68. The first-order valence-corrected chi connectivity index (χ1v) is 5.18. The van der Waals surface area contributed by atoms with Gasteiger partial charge in [-0.2, -0.15) is 0 Å². The summed E-state index contributed by atoms with van der Waals surface area (Å²) in [6.45, 7) is 3.95. The molecule has 14 heavy (non-hydrogen) atoms. The van der Waals surface area contributed by atoms with Crippen molar-refractivity contribution in [3.63, 3.8) is 0 Å². The van der Waals surface area contributed by atoms with Crippen molar-refractivity contribution >= 4 is 0 Å². The smallest absolute Gasteiger partial charge is 0.0952 e. The van der Waals surface area contributed by atoms with E-state index >= 15 is 0 Å². The summed E-state index contributed by atoms with van der Waals surface area (Å²) in [5.74, 6) is 0.527. The van der Waals surface area contributed by atoms with Crippen molar-refractivity contribution in [2.75, 3.05) is 20.2 Å². The highest BCUT2D eigenvalue weighted by atomic mass is 16.5. The van der Waals surface area contributed by atoms with Gasteiger partial charge >= 0.3 is 0 Å². The molecule has 76 valence electrons. The largest absolute Gasteiger partial charge is 0.372 e. The SMILES string of the molecule is CNCC1OCC(C)c2ccccc21. The fourth-order valence-corrected chi connectivity index (χ4v) is 2.05. The average molecular weight is 191 g/mol. The maximum atomic E-state index is 5.79. The molecule has 0 radical (unpaired) electrons. The number of benzene rings is 1. The van der Waals surface area contributed by atoms with Crippen molar-refractivity contribution in [2.45, 2.75) is 18.9 Å². The lowest BCUT2D eigenvalue weighted by Crippen LogP contribution is -2.26. The van der Waals surface area contributed by atoms with Crippen LogP contribution in [0.4, 0.5) is 0 Å². The van der Waals surface area contributed by atoms with Gasteiger partial charge in [0.05, 0.1) is 12.7 Å². The van der Waals surface area contributed by atoms with Crippen LogP contribution in [0, 0.1) is 0 Å². The number of nitrogens with one attached hydrogen (secondary N) is 1. The van der Waals surface area contributed by atoms with Crippen molar-refractivity contribution in [2.24, 2.45) is 0 Å². The molecule has 1 aromatic rings. The van der Waals surface area contributed by atoms with Crippen LogP contribution >= 0.6 is 0 Å². The van der Waals surface area contributed by atoms with E-state index in [9.17, 15) is 0 Å². The molecule has 2 rings (SSSR count). The standard InChI is InChI=1S/C12H17NO/c1-9-8-14-12(7-13-2)11-6-4-3-5-10(9)11/h3-6,9,12-13H,7-8H2,1-2H3. The van der Waals surface area contributed by atoms with E-state index in [1.165, 1.54) is 11.1 Å². The molecule has 2 unspecified atom stereocenters. The molecule has 1 aliphatic rings. The first-order valence-electron chi connectivity index (χ1n) is 5.18. The maximum Gasteiger partial charge on any atom is 0.0952 e. The van der Waals surface area contributed by atoms with Crippen LogP contribution in [-0.2, 0) is 4.74 Å². The quantitative estimate of drug-likeness (QED) is 0.772. The molecule has 1 N–H and O–H groups in total. The number of hydrogen-bond donors (Lipinski definition) is 1. The first-order chi connectivity index (χ1) is 6.83. The third-order valence-electron chi connectivity index (χ3n) is 2.81. The minimum absolute atomic E-state index is 0.229. The second-order valence-electron chi connectivity index (χ2n) is 3.91. The molecule has 2 atom stereocenters. The zero-order valence-corrected chi connectivity index (χ0v) is 8.79. The van der Waals surface area contributed by atoms with Gasteiger partial charge in [-0.15, -0.1) is 0 Å². The van der Waals surface area contributed by atoms with Crippen LogP contribution in [0.15, 0.2) is 24.3 Å². The van der Waals surface area contributed by atoms with E-state index in [4.69, 9.17) is 4.74 Å². The molecule has 2 nitrogen and oxygen atoms in total. The fraction of sp³-hybridized carbons (Fsp3) is 0.500. The van der Waals surface area contributed by atoms with Gasteiger partial charge in [0, 0.05) is 12.5 Å². The van der Waals surface area contributed by atoms with Gasteiger partial charge in [-0.3, -0.25) is 0 Å². The normalized spacial score (nSPS) is 25.9. The molecule has 0 aliphatic carbocycles. The Morgan fingerprint density at radius 2 is 2.07 bits per heavy atom. The lowest BCUT2D eigenvalue weighted by atomic mass is 9.91. The first kappa shape index (κ1) is 9.69. The average Bonchev–Trinajstić information content (AvgIpc) is 2.23. The van der Waals surface area contributed by atoms with E-state index in [1.54, 1.807) is 0 Å². The lowest BCUT2D eigenvalue weighted by Gasteiger charge is -2.30. The molecule has 0 spiro atoms. The summed E-state index contributed by atoms with van der Waals surface area (Å²) in [6, 6.07) is 8.58. The second kappa shape index (κ2) is 4.11. The van der Waals surface area contributed by atoms with Crippen molar-refractivity contribution in [1.82, 2.24) is 5.32 Å². The van der Waals surface area contributed by atoms with E-state index in [0.29, 0.717) is 5.92 Å². The van der Waals surface area contributed by atoms with Gasteiger partial charge in [0.15, 0.2) is 0 Å². The van der Waals surface area contributed by atoms with Gasteiger partial charge in [-0.25, -0.2) is 0 Å². The lowest BCUT2D eigenvalue weighted by molar-refractivity contribution is 0.0320. The summed E-state index contributed by atoms with van der Waals surface area (Å²) in [6.07, 6.45) is 0.229.